The second-order valence-electron chi connectivity index (χ2n) is 3.02. The Labute approximate surface area is 75.5 Å². The molecule has 0 bridgehead atoms. The summed E-state index contributed by atoms with van der Waals surface area (Å²) in [7, 11) is 0. The average Bonchev–Trinajstić information content (AvgIpc) is 2.77. The molecule has 0 spiro atoms. The summed E-state index contributed by atoms with van der Waals surface area (Å²) in [6.45, 7) is 1.02. The highest BCUT2D eigenvalue weighted by Gasteiger charge is 2.25. The van der Waals surface area contributed by atoms with E-state index in [4.69, 9.17) is 0 Å². The predicted molar refractivity (Wildman–Crippen MR) is 48.1 cm³/mol. The van der Waals surface area contributed by atoms with Gasteiger partial charge in [-0.15, -0.1) is 11.3 Å². The summed E-state index contributed by atoms with van der Waals surface area (Å²) >= 11 is 1.52. The molecule has 0 aromatic carbocycles. The van der Waals surface area contributed by atoms with Crippen molar-refractivity contribution in [3.63, 3.8) is 0 Å². The molecule has 4 heteroatoms. The third kappa shape index (κ3) is 1.50. The lowest BCUT2D eigenvalue weighted by molar-refractivity contribution is 0.137. The normalized spacial score (nSPS) is 25.9. The summed E-state index contributed by atoms with van der Waals surface area (Å²) < 4.78 is 0. The van der Waals surface area contributed by atoms with Crippen LogP contribution in [-0.4, -0.2) is 22.7 Å². The van der Waals surface area contributed by atoms with E-state index in [1.807, 2.05) is 5.38 Å². The lowest BCUT2D eigenvalue weighted by atomic mass is 10.1. The topological polar surface area (TPSA) is 45.2 Å². The molecule has 0 aliphatic carbocycles. The van der Waals surface area contributed by atoms with Crippen molar-refractivity contribution in [2.24, 2.45) is 0 Å². The van der Waals surface area contributed by atoms with Crippen LogP contribution in [0.15, 0.2) is 11.6 Å². The minimum atomic E-state index is -0.410. The Balaban J connectivity index is 2.04. The fourth-order valence-electron chi connectivity index (χ4n) is 1.53. The quantitative estimate of drug-likeness (QED) is 0.718. The first-order chi connectivity index (χ1) is 5.88. The van der Waals surface area contributed by atoms with Crippen molar-refractivity contribution < 1.29 is 5.11 Å². The molecule has 1 aromatic rings. The number of thiazole rings is 1. The zero-order valence-electron chi connectivity index (χ0n) is 6.73. The Morgan fingerprint density at radius 2 is 2.67 bits per heavy atom. The highest BCUT2D eigenvalue weighted by Crippen LogP contribution is 2.23. The van der Waals surface area contributed by atoms with Gasteiger partial charge in [-0.05, 0) is 19.4 Å². The number of aromatic nitrogens is 1. The Bertz CT molecular complexity index is 231. The van der Waals surface area contributed by atoms with E-state index in [9.17, 15) is 5.11 Å². The second-order valence-corrected chi connectivity index (χ2v) is 3.94. The fourth-order valence-corrected chi connectivity index (χ4v) is 2.22. The fraction of sp³-hybridized carbons (Fsp3) is 0.625. The SMILES string of the molecule is O[C@@H](c1nccs1)C1CCCN1. The van der Waals surface area contributed by atoms with Crippen molar-refractivity contribution in [2.75, 3.05) is 6.54 Å². The van der Waals surface area contributed by atoms with Crippen molar-refractivity contribution >= 4 is 11.3 Å². The van der Waals surface area contributed by atoms with Crippen LogP contribution in [0, 0.1) is 0 Å². The average molecular weight is 184 g/mol. The number of aliphatic hydroxyl groups excluding tert-OH is 1. The van der Waals surface area contributed by atoms with E-state index in [2.05, 4.69) is 10.3 Å². The lowest BCUT2D eigenvalue weighted by Gasteiger charge is -2.15. The van der Waals surface area contributed by atoms with Crippen molar-refractivity contribution in [2.45, 2.75) is 25.0 Å². The van der Waals surface area contributed by atoms with Gasteiger partial charge in [0.2, 0.25) is 0 Å². The molecule has 1 unspecified atom stereocenters. The maximum Gasteiger partial charge on any atom is 0.123 e. The van der Waals surface area contributed by atoms with Crippen molar-refractivity contribution in [1.82, 2.24) is 10.3 Å². The summed E-state index contributed by atoms with van der Waals surface area (Å²) in [5, 5.41) is 15.8. The second kappa shape index (κ2) is 3.51. The molecular formula is C8H12N2OS. The summed E-state index contributed by atoms with van der Waals surface area (Å²) in [6, 6.07) is 0.219. The van der Waals surface area contributed by atoms with Gasteiger partial charge in [0.1, 0.15) is 11.1 Å². The van der Waals surface area contributed by atoms with Gasteiger partial charge in [-0.2, -0.15) is 0 Å². The molecule has 3 nitrogen and oxygen atoms in total. The first kappa shape index (κ1) is 8.16. The molecule has 1 aliphatic heterocycles. The van der Waals surface area contributed by atoms with E-state index in [1.165, 1.54) is 11.3 Å². The third-order valence-corrected chi connectivity index (χ3v) is 3.03. The molecule has 1 aliphatic rings. The predicted octanol–water partition coefficient (Wildman–Crippen LogP) is 0.929. The largest absolute Gasteiger partial charge is 0.384 e. The van der Waals surface area contributed by atoms with Gasteiger partial charge in [0.15, 0.2) is 0 Å². The van der Waals surface area contributed by atoms with E-state index < -0.39 is 6.10 Å². The van der Waals surface area contributed by atoms with Gasteiger partial charge in [0, 0.05) is 17.6 Å². The zero-order chi connectivity index (χ0) is 8.39. The minimum absolute atomic E-state index is 0.219. The third-order valence-electron chi connectivity index (χ3n) is 2.18. The Hall–Kier alpha value is -0.450. The maximum atomic E-state index is 9.79. The van der Waals surface area contributed by atoms with Crippen molar-refractivity contribution in [3.8, 4) is 0 Å². The molecular weight excluding hydrogens is 172 g/mol. The van der Waals surface area contributed by atoms with E-state index >= 15 is 0 Å². The molecule has 1 aromatic heterocycles. The number of nitrogens with one attached hydrogen (secondary N) is 1. The molecule has 66 valence electrons. The van der Waals surface area contributed by atoms with E-state index in [0.29, 0.717) is 0 Å². The van der Waals surface area contributed by atoms with Crippen LogP contribution >= 0.6 is 11.3 Å². The van der Waals surface area contributed by atoms with Crippen LogP contribution in [0.1, 0.15) is 24.0 Å². The summed E-state index contributed by atoms with van der Waals surface area (Å²) in [5.41, 5.74) is 0. The smallest absolute Gasteiger partial charge is 0.123 e. The van der Waals surface area contributed by atoms with Crippen LogP contribution in [0.4, 0.5) is 0 Å². The Morgan fingerprint density at radius 3 is 3.25 bits per heavy atom. The highest BCUT2D eigenvalue weighted by atomic mass is 32.1. The zero-order valence-corrected chi connectivity index (χ0v) is 7.55. The van der Waals surface area contributed by atoms with Crippen molar-refractivity contribution in [1.29, 1.82) is 0 Å². The molecule has 2 rings (SSSR count). The van der Waals surface area contributed by atoms with Crippen molar-refractivity contribution in [3.05, 3.63) is 16.6 Å². The van der Waals surface area contributed by atoms with E-state index in [0.717, 1.165) is 24.4 Å². The number of hydrogen-bond acceptors (Lipinski definition) is 4. The Morgan fingerprint density at radius 1 is 1.75 bits per heavy atom. The number of nitrogens with zero attached hydrogens (tertiary/aromatic N) is 1. The van der Waals surface area contributed by atoms with Crippen LogP contribution < -0.4 is 5.32 Å². The van der Waals surface area contributed by atoms with Crippen LogP contribution in [0.2, 0.25) is 0 Å². The van der Waals surface area contributed by atoms with E-state index in [1.54, 1.807) is 6.20 Å². The number of aliphatic hydroxyl groups is 1. The van der Waals surface area contributed by atoms with Crippen LogP contribution in [-0.2, 0) is 0 Å². The molecule has 12 heavy (non-hydrogen) atoms. The summed E-state index contributed by atoms with van der Waals surface area (Å²) in [6.07, 6.45) is 3.54. The first-order valence-electron chi connectivity index (χ1n) is 4.19. The molecule has 2 heterocycles. The van der Waals surface area contributed by atoms with Gasteiger partial charge in [-0.1, -0.05) is 0 Å². The molecule has 2 atom stereocenters. The van der Waals surface area contributed by atoms with Gasteiger partial charge in [0.05, 0.1) is 0 Å². The molecule has 1 fully saturated rings. The van der Waals surface area contributed by atoms with Gasteiger partial charge < -0.3 is 10.4 Å². The summed E-state index contributed by atoms with van der Waals surface area (Å²) in [5.74, 6) is 0. The molecule has 2 N–H and O–H groups in total. The van der Waals surface area contributed by atoms with Crippen LogP contribution in [0.25, 0.3) is 0 Å². The molecule has 0 amide bonds. The number of hydrogen-bond donors (Lipinski definition) is 2. The molecule has 0 saturated carbocycles. The standard InChI is InChI=1S/C8H12N2OS/c11-7(6-2-1-3-9-6)8-10-4-5-12-8/h4-7,9,11H,1-3H2/t6?,7-/m1/s1. The van der Waals surface area contributed by atoms with Gasteiger partial charge >= 0.3 is 0 Å². The van der Waals surface area contributed by atoms with Gasteiger partial charge in [0.25, 0.3) is 0 Å². The molecule has 1 saturated heterocycles. The van der Waals surface area contributed by atoms with Gasteiger partial charge in [-0.3, -0.25) is 0 Å². The van der Waals surface area contributed by atoms with Gasteiger partial charge in [-0.25, -0.2) is 4.98 Å². The van der Waals surface area contributed by atoms with Crippen LogP contribution in [0.3, 0.4) is 0 Å². The Kier molecular flexibility index (Phi) is 2.39. The van der Waals surface area contributed by atoms with E-state index in [-0.39, 0.29) is 6.04 Å². The number of rotatable bonds is 2. The maximum absolute atomic E-state index is 9.79. The highest BCUT2D eigenvalue weighted by molar-refractivity contribution is 7.09. The monoisotopic (exact) mass is 184 g/mol. The molecule has 0 radical (unpaired) electrons. The van der Waals surface area contributed by atoms with Crippen LogP contribution in [0.5, 0.6) is 0 Å². The minimum Gasteiger partial charge on any atom is -0.384 e. The summed E-state index contributed by atoms with van der Waals surface area (Å²) in [4.78, 5) is 4.09. The lowest BCUT2D eigenvalue weighted by Crippen LogP contribution is -2.28. The first-order valence-corrected chi connectivity index (χ1v) is 5.07.